The topological polar surface area (TPSA) is 49.8 Å². The van der Waals surface area contributed by atoms with Gasteiger partial charge in [-0.25, -0.2) is 0 Å². The van der Waals surface area contributed by atoms with Gasteiger partial charge in [-0.3, -0.25) is 9.69 Å². The number of hydrogen-bond acceptors (Lipinski definition) is 4. The summed E-state index contributed by atoms with van der Waals surface area (Å²) in [6, 6.07) is 10.2. The molecule has 1 unspecified atom stereocenters. The van der Waals surface area contributed by atoms with Crippen LogP contribution in [0.4, 0.5) is 0 Å². The number of rotatable bonds is 5. The molecule has 1 fully saturated rings. The molecule has 2 rings (SSSR count). The average Bonchev–Trinajstić information content (AvgIpc) is 2.83. The van der Waals surface area contributed by atoms with Gasteiger partial charge in [-0.2, -0.15) is 0 Å². The SMILES string of the molecule is CCOC(=O)C(C)(C)C1(O)CCN(Cc2ccccc2)C1. The van der Waals surface area contributed by atoms with E-state index in [0.29, 0.717) is 19.6 Å². The monoisotopic (exact) mass is 291 g/mol. The largest absolute Gasteiger partial charge is 0.465 e. The second-order valence-electron chi connectivity index (χ2n) is 6.32. The van der Waals surface area contributed by atoms with Crippen molar-refractivity contribution in [1.82, 2.24) is 4.90 Å². The third-order valence-electron chi connectivity index (χ3n) is 4.52. The maximum atomic E-state index is 12.1. The third-order valence-corrected chi connectivity index (χ3v) is 4.52. The van der Waals surface area contributed by atoms with Crippen molar-refractivity contribution in [3.05, 3.63) is 35.9 Å². The van der Waals surface area contributed by atoms with E-state index in [1.165, 1.54) is 5.56 Å². The van der Waals surface area contributed by atoms with Gasteiger partial charge in [0.1, 0.15) is 0 Å². The minimum Gasteiger partial charge on any atom is -0.465 e. The highest BCUT2D eigenvalue weighted by atomic mass is 16.5. The summed E-state index contributed by atoms with van der Waals surface area (Å²) in [5.74, 6) is -0.325. The minimum absolute atomic E-state index is 0.325. The van der Waals surface area contributed by atoms with Crippen LogP contribution in [0.2, 0.25) is 0 Å². The average molecular weight is 291 g/mol. The van der Waals surface area contributed by atoms with Crippen molar-refractivity contribution >= 4 is 5.97 Å². The molecule has 1 aliphatic heterocycles. The van der Waals surface area contributed by atoms with Gasteiger partial charge in [-0.1, -0.05) is 30.3 Å². The summed E-state index contributed by atoms with van der Waals surface area (Å²) in [4.78, 5) is 14.3. The van der Waals surface area contributed by atoms with Gasteiger partial charge < -0.3 is 9.84 Å². The quantitative estimate of drug-likeness (QED) is 0.845. The first-order valence-corrected chi connectivity index (χ1v) is 7.55. The van der Waals surface area contributed by atoms with Crippen molar-refractivity contribution in [2.45, 2.75) is 39.3 Å². The first-order chi connectivity index (χ1) is 9.89. The third kappa shape index (κ3) is 3.27. The normalized spacial score (nSPS) is 23.2. The van der Waals surface area contributed by atoms with Crippen molar-refractivity contribution in [2.24, 2.45) is 5.41 Å². The molecule has 21 heavy (non-hydrogen) atoms. The minimum atomic E-state index is -1.03. The van der Waals surface area contributed by atoms with E-state index in [4.69, 9.17) is 4.74 Å². The van der Waals surface area contributed by atoms with Gasteiger partial charge >= 0.3 is 5.97 Å². The Morgan fingerprint density at radius 3 is 2.67 bits per heavy atom. The molecule has 1 aliphatic rings. The van der Waals surface area contributed by atoms with Crippen LogP contribution in [0.5, 0.6) is 0 Å². The number of ether oxygens (including phenoxy) is 1. The summed E-state index contributed by atoms with van der Waals surface area (Å²) in [5.41, 5.74) is -0.710. The van der Waals surface area contributed by atoms with Crippen LogP contribution >= 0.6 is 0 Å². The molecule has 116 valence electrons. The highest BCUT2D eigenvalue weighted by Crippen LogP contribution is 2.39. The van der Waals surface area contributed by atoms with Gasteiger partial charge in [0.05, 0.1) is 17.6 Å². The maximum absolute atomic E-state index is 12.1. The molecule has 1 aromatic carbocycles. The number of nitrogens with zero attached hydrogens (tertiary/aromatic N) is 1. The Kier molecular flexibility index (Phi) is 4.69. The second kappa shape index (κ2) is 6.16. The number of esters is 1. The van der Waals surface area contributed by atoms with Crippen LogP contribution in [0, 0.1) is 5.41 Å². The zero-order chi connectivity index (χ0) is 15.5. The number of carbonyl (C=O) groups is 1. The lowest BCUT2D eigenvalue weighted by Crippen LogP contribution is -2.52. The van der Waals surface area contributed by atoms with Crippen LogP contribution in [-0.4, -0.2) is 41.3 Å². The van der Waals surface area contributed by atoms with E-state index in [9.17, 15) is 9.90 Å². The predicted octanol–water partition coefficient (Wildman–Crippen LogP) is 2.21. The van der Waals surface area contributed by atoms with Gasteiger partial charge in [0, 0.05) is 19.6 Å². The Balaban J connectivity index is 2.04. The van der Waals surface area contributed by atoms with E-state index in [-0.39, 0.29) is 5.97 Å². The maximum Gasteiger partial charge on any atom is 0.314 e. The molecule has 1 aromatic rings. The van der Waals surface area contributed by atoms with Crippen LogP contribution in [0.1, 0.15) is 32.8 Å². The highest BCUT2D eigenvalue weighted by molar-refractivity contribution is 5.77. The van der Waals surface area contributed by atoms with Crippen molar-refractivity contribution < 1.29 is 14.6 Å². The molecule has 1 N–H and O–H groups in total. The zero-order valence-corrected chi connectivity index (χ0v) is 13.1. The first-order valence-electron chi connectivity index (χ1n) is 7.55. The molecule has 0 saturated carbocycles. The summed E-state index contributed by atoms with van der Waals surface area (Å²) >= 11 is 0. The van der Waals surface area contributed by atoms with Gasteiger partial charge in [0.15, 0.2) is 0 Å². The summed E-state index contributed by atoms with van der Waals surface area (Å²) in [5, 5.41) is 10.9. The van der Waals surface area contributed by atoms with Crippen molar-refractivity contribution in [1.29, 1.82) is 0 Å². The Morgan fingerprint density at radius 1 is 1.38 bits per heavy atom. The fraction of sp³-hybridized carbons (Fsp3) is 0.588. The number of likely N-dealkylation sites (tertiary alicyclic amines) is 1. The van der Waals surface area contributed by atoms with E-state index in [1.807, 2.05) is 18.2 Å². The van der Waals surface area contributed by atoms with Crippen LogP contribution in [-0.2, 0) is 16.1 Å². The smallest absolute Gasteiger partial charge is 0.314 e. The van der Waals surface area contributed by atoms with Gasteiger partial charge in [-0.05, 0) is 32.8 Å². The summed E-state index contributed by atoms with van der Waals surface area (Å²) < 4.78 is 5.12. The Hall–Kier alpha value is -1.39. The Labute approximate surface area is 126 Å². The zero-order valence-electron chi connectivity index (χ0n) is 13.1. The van der Waals surface area contributed by atoms with Crippen LogP contribution < -0.4 is 0 Å². The Morgan fingerprint density at radius 2 is 2.05 bits per heavy atom. The van der Waals surface area contributed by atoms with Crippen LogP contribution in [0.3, 0.4) is 0 Å². The fourth-order valence-electron chi connectivity index (χ4n) is 2.86. The summed E-state index contributed by atoms with van der Waals surface area (Å²) in [7, 11) is 0. The van der Waals surface area contributed by atoms with E-state index in [2.05, 4.69) is 17.0 Å². The van der Waals surface area contributed by atoms with Gasteiger partial charge in [0.2, 0.25) is 0 Å². The molecule has 4 heteroatoms. The number of β-amino-alcohol motifs (C(OH)–C–C–N with tert-alkyl or cyclic N) is 1. The molecule has 1 heterocycles. The molecule has 4 nitrogen and oxygen atoms in total. The van der Waals surface area contributed by atoms with Gasteiger partial charge in [-0.15, -0.1) is 0 Å². The molecule has 0 amide bonds. The first kappa shape index (κ1) is 16.0. The lowest BCUT2D eigenvalue weighted by Gasteiger charge is -2.37. The lowest BCUT2D eigenvalue weighted by atomic mass is 9.74. The Bertz CT molecular complexity index is 486. The molecule has 0 aromatic heterocycles. The molecular weight excluding hydrogens is 266 g/mol. The fourth-order valence-corrected chi connectivity index (χ4v) is 2.86. The standard InChI is InChI=1S/C17H25NO3/c1-4-21-15(19)16(2,3)17(20)10-11-18(13-17)12-14-8-6-5-7-9-14/h5-9,20H,4,10-13H2,1-3H3. The summed E-state index contributed by atoms with van der Waals surface area (Å²) in [6.45, 7) is 7.75. The number of aliphatic hydroxyl groups is 1. The van der Waals surface area contributed by atoms with Crippen molar-refractivity contribution in [2.75, 3.05) is 19.7 Å². The van der Waals surface area contributed by atoms with Crippen molar-refractivity contribution in [3.63, 3.8) is 0 Å². The van der Waals surface area contributed by atoms with Gasteiger partial charge in [0.25, 0.3) is 0 Å². The number of carbonyl (C=O) groups excluding carboxylic acids is 1. The van der Waals surface area contributed by atoms with Crippen molar-refractivity contribution in [3.8, 4) is 0 Å². The van der Waals surface area contributed by atoms with E-state index in [0.717, 1.165) is 13.1 Å². The summed E-state index contributed by atoms with van der Waals surface area (Å²) in [6.07, 6.45) is 0.589. The lowest BCUT2D eigenvalue weighted by molar-refractivity contribution is -0.169. The van der Waals surface area contributed by atoms with Crippen LogP contribution in [0.15, 0.2) is 30.3 Å². The van der Waals surface area contributed by atoms with E-state index in [1.54, 1.807) is 20.8 Å². The number of hydrogen-bond donors (Lipinski definition) is 1. The van der Waals surface area contributed by atoms with Crippen LogP contribution in [0.25, 0.3) is 0 Å². The molecular formula is C17H25NO3. The van der Waals surface area contributed by atoms with E-state index >= 15 is 0 Å². The highest BCUT2D eigenvalue weighted by Gasteiger charge is 2.53. The molecule has 0 aliphatic carbocycles. The molecule has 0 spiro atoms. The van der Waals surface area contributed by atoms with E-state index < -0.39 is 11.0 Å². The molecule has 1 atom stereocenters. The number of benzene rings is 1. The molecule has 1 saturated heterocycles. The molecule has 0 radical (unpaired) electrons. The predicted molar refractivity (Wildman–Crippen MR) is 81.7 cm³/mol. The molecule has 0 bridgehead atoms. The second-order valence-corrected chi connectivity index (χ2v) is 6.32.